The molecule has 13 heteroatoms. The summed E-state index contributed by atoms with van der Waals surface area (Å²) in [7, 11) is 4.98. The summed E-state index contributed by atoms with van der Waals surface area (Å²) in [6, 6.07) is 5.61. The molecule has 2 atom stereocenters. The van der Waals surface area contributed by atoms with Crippen molar-refractivity contribution in [1.82, 2.24) is 34.9 Å². The van der Waals surface area contributed by atoms with Crippen LogP contribution in [0.5, 0.6) is 5.88 Å². The second-order valence-electron chi connectivity index (χ2n) is 10.4. The van der Waals surface area contributed by atoms with Crippen molar-refractivity contribution in [2.45, 2.75) is 37.5 Å². The van der Waals surface area contributed by atoms with Gasteiger partial charge in [-0.3, -0.25) is 14.4 Å². The molecule has 0 spiro atoms. The van der Waals surface area contributed by atoms with Crippen LogP contribution in [-0.4, -0.2) is 87.6 Å². The topological polar surface area (TPSA) is 134 Å². The van der Waals surface area contributed by atoms with Gasteiger partial charge in [-0.15, -0.1) is 5.10 Å². The van der Waals surface area contributed by atoms with Crippen LogP contribution in [0.3, 0.4) is 0 Å². The van der Waals surface area contributed by atoms with Crippen LogP contribution in [0.4, 0.5) is 21.7 Å². The Labute approximate surface area is 236 Å². The number of amides is 1. The highest BCUT2D eigenvalue weighted by molar-refractivity contribution is 6.06. The van der Waals surface area contributed by atoms with Crippen LogP contribution in [-0.2, 0) is 16.6 Å². The van der Waals surface area contributed by atoms with Crippen LogP contribution in [0.25, 0.3) is 22.2 Å². The van der Waals surface area contributed by atoms with Crippen molar-refractivity contribution in [3.8, 4) is 17.1 Å². The van der Waals surface area contributed by atoms with E-state index in [9.17, 15) is 4.79 Å². The molecule has 4 N–H and O–H groups in total. The van der Waals surface area contributed by atoms with Gasteiger partial charge in [-0.25, -0.2) is 14.4 Å². The number of likely N-dealkylation sites (tertiary alicyclic amines) is 1. The summed E-state index contributed by atoms with van der Waals surface area (Å²) in [5, 5.41) is 14.5. The number of piperidine rings is 1. The number of para-hydroxylation sites is 1. The molecule has 2 saturated heterocycles. The lowest BCUT2D eigenvalue weighted by Gasteiger charge is -2.35. The zero-order valence-corrected chi connectivity index (χ0v) is 23.3. The summed E-state index contributed by atoms with van der Waals surface area (Å²) in [6.45, 7) is 2.64. The third-order valence-corrected chi connectivity index (χ3v) is 7.92. The Morgan fingerprint density at radius 2 is 2.02 bits per heavy atom. The molecule has 1 aromatic carbocycles. The van der Waals surface area contributed by atoms with Crippen molar-refractivity contribution in [3.05, 3.63) is 42.6 Å². The molecule has 0 radical (unpaired) electrons. The number of carbonyl (C=O) groups is 1. The lowest BCUT2D eigenvalue weighted by molar-refractivity contribution is -0.121. The summed E-state index contributed by atoms with van der Waals surface area (Å²) >= 11 is 0. The van der Waals surface area contributed by atoms with Crippen molar-refractivity contribution in [2.75, 3.05) is 44.5 Å². The number of nitrogens with zero attached hydrogens (tertiary/aromatic N) is 5. The average molecular weight is 564 g/mol. The van der Waals surface area contributed by atoms with E-state index in [1.165, 1.54) is 7.11 Å². The summed E-state index contributed by atoms with van der Waals surface area (Å²) in [4.78, 5) is 27.7. The fourth-order valence-corrected chi connectivity index (χ4v) is 5.90. The number of H-pyrrole nitrogens is 1. The highest BCUT2D eigenvalue weighted by Gasteiger charge is 2.41. The molecule has 2 aliphatic rings. The molecule has 2 fully saturated rings. The predicted octanol–water partition coefficient (Wildman–Crippen LogP) is 3.03. The van der Waals surface area contributed by atoms with Crippen molar-refractivity contribution >= 4 is 34.1 Å². The number of fused-ring (bicyclic) bond motifs is 1. The molecular formula is C28H34FN9O3. The van der Waals surface area contributed by atoms with Gasteiger partial charge in [0, 0.05) is 43.9 Å². The SMILES string of the molecule is COc1nn(C)cc1Nc1ncc(F)c(-c2c[nH]c3c(NC(=O)C4CC(OC)CN4C4CCNCC4)cccc23)n1. The third kappa shape index (κ3) is 5.35. The maximum absolute atomic E-state index is 15.1. The van der Waals surface area contributed by atoms with E-state index in [2.05, 4.69) is 40.9 Å². The molecule has 0 aliphatic carbocycles. The summed E-state index contributed by atoms with van der Waals surface area (Å²) in [6.07, 6.45) is 7.20. The molecule has 2 aliphatic heterocycles. The van der Waals surface area contributed by atoms with E-state index >= 15 is 4.39 Å². The Morgan fingerprint density at radius 1 is 1.20 bits per heavy atom. The van der Waals surface area contributed by atoms with E-state index in [4.69, 9.17) is 9.47 Å². The van der Waals surface area contributed by atoms with Crippen LogP contribution < -0.4 is 20.7 Å². The quantitative estimate of drug-likeness (QED) is 0.255. The fraction of sp³-hybridized carbons (Fsp3) is 0.429. The molecule has 3 aromatic heterocycles. The van der Waals surface area contributed by atoms with Gasteiger partial charge in [0.05, 0.1) is 42.9 Å². The maximum Gasteiger partial charge on any atom is 0.256 e. The van der Waals surface area contributed by atoms with Crippen LogP contribution in [0.1, 0.15) is 19.3 Å². The number of ether oxygens (including phenoxy) is 2. The molecule has 4 aromatic rings. The normalized spacial score (nSPS) is 20.0. The molecule has 216 valence electrons. The zero-order chi connectivity index (χ0) is 28.5. The van der Waals surface area contributed by atoms with E-state index in [-0.39, 0.29) is 29.7 Å². The van der Waals surface area contributed by atoms with Gasteiger partial charge in [0.25, 0.3) is 5.88 Å². The fourth-order valence-electron chi connectivity index (χ4n) is 5.90. The van der Waals surface area contributed by atoms with E-state index in [1.54, 1.807) is 31.2 Å². The van der Waals surface area contributed by atoms with Crippen molar-refractivity contribution in [3.63, 3.8) is 0 Å². The van der Waals surface area contributed by atoms with Crippen molar-refractivity contribution < 1.29 is 18.7 Å². The van der Waals surface area contributed by atoms with Crippen LogP contribution >= 0.6 is 0 Å². The number of rotatable bonds is 8. The number of halogens is 1. The first kappa shape index (κ1) is 27.1. The lowest BCUT2D eigenvalue weighted by Crippen LogP contribution is -2.49. The number of hydrogen-bond acceptors (Lipinski definition) is 9. The van der Waals surface area contributed by atoms with Gasteiger partial charge in [0.2, 0.25) is 11.9 Å². The largest absolute Gasteiger partial charge is 0.478 e. The Hall–Kier alpha value is -4.07. The van der Waals surface area contributed by atoms with Crippen LogP contribution in [0.2, 0.25) is 0 Å². The van der Waals surface area contributed by atoms with Gasteiger partial charge < -0.3 is 30.4 Å². The zero-order valence-electron chi connectivity index (χ0n) is 23.3. The number of aromatic nitrogens is 5. The van der Waals surface area contributed by atoms with Crippen LogP contribution in [0.15, 0.2) is 36.8 Å². The monoisotopic (exact) mass is 563 g/mol. The first-order valence-corrected chi connectivity index (χ1v) is 13.7. The highest BCUT2D eigenvalue weighted by atomic mass is 19.1. The minimum absolute atomic E-state index is 0.0173. The second-order valence-corrected chi connectivity index (χ2v) is 10.4. The van der Waals surface area contributed by atoms with Crippen LogP contribution in [0, 0.1) is 5.82 Å². The lowest BCUT2D eigenvalue weighted by atomic mass is 10.0. The van der Waals surface area contributed by atoms with E-state index < -0.39 is 5.82 Å². The summed E-state index contributed by atoms with van der Waals surface area (Å²) in [5.74, 6) is -0.0826. The average Bonchev–Trinajstić information content (AvgIpc) is 3.71. The number of nitrogens with one attached hydrogen (secondary N) is 4. The van der Waals surface area contributed by atoms with Gasteiger partial charge in [-0.2, -0.15) is 0 Å². The molecule has 0 saturated carbocycles. The molecule has 41 heavy (non-hydrogen) atoms. The Morgan fingerprint density at radius 3 is 2.80 bits per heavy atom. The number of anilines is 3. The standard InChI is InChI=1S/C28H34FN9O3/c1-37-15-22(27(36-37)41-3)34-28-32-13-20(29)24(35-28)19-12-31-25-18(19)5-4-6-21(25)33-26(39)23-11-17(40-2)14-38(23)16-7-9-30-10-8-16/h4-6,12-13,15-17,23,30-31H,7-11,14H2,1-3H3,(H,33,39)(H,32,34,35). The van der Waals surface area contributed by atoms with Crippen molar-refractivity contribution in [1.29, 1.82) is 0 Å². The first-order valence-electron chi connectivity index (χ1n) is 13.7. The number of aromatic amines is 1. The van der Waals surface area contributed by atoms with E-state index in [0.717, 1.165) is 44.1 Å². The first-order chi connectivity index (χ1) is 19.9. The Bertz CT molecular complexity index is 1550. The van der Waals surface area contributed by atoms with Gasteiger partial charge in [0.15, 0.2) is 5.82 Å². The number of hydrogen-bond donors (Lipinski definition) is 4. The smallest absolute Gasteiger partial charge is 0.256 e. The molecule has 0 bridgehead atoms. The molecular weight excluding hydrogens is 529 g/mol. The van der Waals surface area contributed by atoms with Gasteiger partial charge in [0.1, 0.15) is 11.4 Å². The Balaban J connectivity index is 1.26. The van der Waals surface area contributed by atoms with E-state index in [0.29, 0.717) is 40.8 Å². The van der Waals surface area contributed by atoms with E-state index in [1.807, 2.05) is 18.2 Å². The highest BCUT2D eigenvalue weighted by Crippen LogP contribution is 2.34. The maximum atomic E-state index is 15.1. The van der Waals surface area contributed by atoms with Gasteiger partial charge >= 0.3 is 0 Å². The minimum Gasteiger partial charge on any atom is -0.478 e. The molecule has 1 amide bonds. The number of methoxy groups -OCH3 is 2. The summed E-state index contributed by atoms with van der Waals surface area (Å²) < 4.78 is 27.6. The number of carbonyl (C=O) groups excluding carboxylic acids is 1. The van der Waals surface area contributed by atoms with Gasteiger partial charge in [-0.1, -0.05) is 12.1 Å². The molecule has 12 nitrogen and oxygen atoms in total. The predicted molar refractivity (Wildman–Crippen MR) is 153 cm³/mol. The number of aryl methyl sites for hydroxylation is 1. The molecule has 6 rings (SSSR count). The van der Waals surface area contributed by atoms with Crippen molar-refractivity contribution in [2.24, 2.45) is 7.05 Å². The third-order valence-electron chi connectivity index (χ3n) is 7.92. The molecule has 5 heterocycles. The Kier molecular flexibility index (Phi) is 7.56. The minimum atomic E-state index is -0.571. The summed E-state index contributed by atoms with van der Waals surface area (Å²) in [5.41, 5.74) is 2.53. The van der Waals surface area contributed by atoms with Gasteiger partial charge in [-0.05, 0) is 38.4 Å². The molecule has 2 unspecified atom stereocenters. The second kappa shape index (κ2) is 11.4. The number of benzene rings is 1.